The van der Waals surface area contributed by atoms with E-state index in [1.165, 1.54) is 6.92 Å². The van der Waals surface area contributed by atoms with Crippen LogP contribution in [0.2, 0.25) is 0 Å². The van der Waals surface area contributed by atoms with Gasteiger partial charge < -0.3 is 29.2 Å². The van der Waals surface area contributed by atoms with Crippen LogP contribution in [0.3, 0.4) is 0 Å². The second-order valence-electron chi connectivity index (χ2n) is 10.6. The first-order chi connectivity index (χ1) is 13.4. The molecule has 9 heteroatoms. The van der Waals surface area contributed by atoms with Gasteiger partial charge in [-0.1, -0.05) is 20.8 Å². The lowest BCUT2D eigenvalue weighted by Crippen LogP contribution is -2.66. The molecule has 6 rings (SSSR count). The maximum atomic E-state index is 13.3. The standard InChI is InChI=1S/C20H24O9/c1-7-12(22)26-10-6-17-9-5-8(16(2,3)4)18(17)11(21)13(23)28-15(18)29-20(17,14(24)27-9)19(7,10)25/h7-11,15,21,25H,5-6H2,1-4H3/t7-,8-,9-,10+,11+,15?,17-,18-,19+,20+/m0/s1. The Balaban J connectivity index is 1.68. The van der Waals surface area contributed by atoms with Crippen LogP contribution in [-0.2, 0) is 33.3 Å². The summed E-state index contributed by atoms with van der Waals surface area (Å²) < 4.78 is 22.9. The van der Waals surface area contributed by atoms with Gasteiger partial charge in [0.05, 0.1) is 16.7 Å². The molecule has 2 saturated carbocycles. The highest BCUT2D eigenvalue weighted by atomic mass is 16.8. The minimum Gasteiger partial charge on any atom is -0.459 e. The molecule has 10 atom stereocenters. The van der Waals surface area contributed by atoms with Crippen LogP contribution in [-0.4, -0.2) is 63.9 Å². The minimum absolute atomic E-state index is 0.0623. The van der Waals surface area contributed by atoms with Crippen LogP contribution in [0.1, 0.15) is 40.5 Å². The van der Waals surface area contributed by atoms with Gasteiger partial charge in [0.2, 0.25) is 11.9 Å². The predicted octanol–water partition coefficient (Wildman–Crippen LogP) is -0.340. The summed E-state index contributed by atoms with van der Waals surface area (Å²) in [4.78, 5) is 38.1. The molecule has 9 nitrogen and oxygen atoms in total. The van der Waals surface area contributed by atoms with Gasteiger partial charge in [0, 0.05) is 6.42 Å². The molecule has 6 fully saturated rings. The highest BCUT2D eigenvalue weighted by Gasteiger charge is 3.01. The van der Waals surface area contributed by atoms with Crippen molar-refractivity contribution in [1.29, 1.82) is 0 Å². The van der Waals surface area contributed by atoms with Crippen molar-refractivity contribution >= 4 is 17.9 Å². The van der Waals surface area contributed by atoms with Gasteiger partial charge >= 0.3 is 17.9 Å². The number of aliphatic hydroxyl groups excluding tert-OH is 1. The summed E-state index contributed by atoms with van der Waals surface area (Å²) >= 11 is 0. The molecular formula is C20H24O9. The van der Waals surface area contributed by atoms with E-state index in [2.05, 4.69) is 0 Å². The van der Waals surface area contributed by atoms with Gasteiger partial charge in [0.15, 0.2) is 11.7 Å². The van der Waals surface area contributed by atoms with Crippen LogP contribution in [0.25, 0.3) is 0 Å². The number of carbonyl (C=O) groups is 3. The van der Waals surface area contributed by atoms with E-state index in [0.717, 1.165) is 0 Å². The molecule has 0 radical (unpaired) electrons. The topological polar surface area (TPSA) is 129 Å². The Bertz CT molecular complexity index is 893. The molecule has 2 N–H and O–H groups in total. The molecule has 0 aromatic carbocycles. The zero-order valence-corrected chi connectivity index (χ0v) is 16.6. The molecule has 158 valence electrons. The van der Waals surface area contributed by atoms with E-state index in [-0.39, 0.29) is 17.8 Å². The van der Waals surface area contributed by atoms with Crippen molar-refractivity contribution in [1.82, 2.24) is 0 Å². The lowest BCUT2D eigenvalue weighted by Gasteiger charge is -2.46. The summed E-state index contributed by atoms with van der Waals surface area (Å²) in [5.74, 6) is -3.52. The first kappa shape index (κ1) is 18.1. The van der Waals surface area contributed by atoms with Gasteiger partial charge in [-0.25, -0.2) is 9.59 Å². The fraction of sp³-hybridized carbons (Fsp3) is 0.850. The summed E-state index contributed by atoms with van der Waals surface area (Å²) in [5, 5.41) is 23.0. The first-order valence-corrected chi connectivity index (χ1v) is 10.1. The number of fused-ring (bicyclic) bond motifs is 1. The fourth-order valence-electron chi connectivity index (χ4n) is 8.06. The van der Waals surface area contributed by atoms with Gasteiger partial charge in [-0.15, -0.1) is 0 Å². The van der Waals surface area contributed by atoms with Crippen molar-refractivity contribution in [2.24, 2.45) is 28.1 Å². The molecule has 2 spiro atoms. The van der Waals surface area contributed by atoms with E-state index in [4.69, 9.17) is 18.9 Å². The maximum Gasteiger partial charge on any atom is 0.342 e. The third kappa shape index (κ3) is 1.35. The number of hydrogen-bond acceptors (Lipinski definition) is 9. The number of hydrogen-bond donors (Lipinski definition) is 2. The summed E-state index contributed by atoms with van der Waals surface area (Å²) in [5.41, 5.74) is -6.81. The smallest absolute Gasteiger partial charge is 0.342 e. The van der Waals surface area contributed by atoms with E-state index in [1.54, 1.807) is 0 Å². The molecule has 0 aromatic rings. The van der Waals surface area contributed by atoms with Crippen LogP contribution >= 0.6 is 0 Å². The Morgan fingerprint density at radius 3 is 2.38 bits per heavy atom. The van der Waals surface area contributed by atoms with E-state index in [0.29, 0.717) is 6.42 Å². The predicted molar refractivity (Wildman–Crippen MR) is 90.6 cm³/mol. The quantitative estimate of drug-likeness (QED) is 0.408. The minimum atomic E-state index is -1.97. The number of ether oxygens (including phenoxy) is 4. The maximum absolute atomic E-state index is 13.3. The van der Waals surface area contributed by atoms with Gasteiger partial charge in [-0.3, -0.25) is 4.79 Å². The second kappa shape index (κ2) is 4.48. The molecule has 0 bridgehead atoms. The monoisotopic (exact) mass is 408 g/mol. The van der Waals surface area contributed by atoms with Crippen LogP contribution in [0, 0.1) is 28.1 Å². The average Bonchev–Trinajstić information content (AvgIpc) is 3.31. The Morgan fingerprint density at radius 2 is 1.72 bits per heavy atom. The second-order valence-corrected chi connectivity index (χ2v) is 10.6. The van der Waals surface area contributed by atoms with Crippen molar-refractivity contribution in [3.05, 3.63) is 0 Å². The van der Waals surface area contributed by atoms with Crippen LogP contribution < -0.4 is 0 Å². The Hall–Kier alpha value is -1.71. The summed E-state index contributed by atoms with van der Waals surface area (Å²) in [7, 11) is 0. The highest BCUT2D eigenvalue weighted by molar-refractivity contribution is 5.93. The highest BCUT2D eigenvalue weighted by Crippen LogP contribution is 2.84. The van der Waals surface area contributed by atoms with Crippen LogP contribution in [0.15, 0.2) is 0 Å². The van der Waals surface area contributed by atoms with Crippen LogP contribution in [0.4, 0.5) is 0 Å². The number of aliphatic hydroxyl groups is 2. The molecule has 1 unspecified atom stereocenters. The first-order valence-electron chi connectivity index (χ1n) is 10.1. The Labute approximate surface area is 166 Å². The molecule has 4 heterocycles. The number of rotatable bonds is 0. The largest absolute Gasteiger partial charge is 0.459 e. The Morgan fingerprint density at radius 1 is 1.03 bits per heavy atom. The zero-order chi connectivity index (χ0) is 20.9. The summed E-state index contributed by atoms with van der Waals surface area (Å²) in [6.45, 7) is 7.47. The summed E-state index contributed by atoms with van der Waals surface area (Å²) in [6.07, 6.45) is -3.96. The number of carbonyl (C=O) groups excluding carboxylic acids is 3. The molecule has 2 aliphatic carbocycles. The molecular weight excluding hydrogens is 384 g/mol. The van der Waals surface area contributed by atoms with Gasteiger partial charge in [-0.05, 0) is 24.7 Å². The van der Waals surface area contributed by atoms with Gasteiger partial charge in [-0.2, -0.15) is 0 Å². The third-order valence-electron chi connectivity index (χ3n) is 8.97. The molecule has 29 heavy (non-hydrogen) atoms. The fourth-order valence-corrected chi connectivity index (χ4v) is 8.06. The van der Waals surface area contributed by atoms with Gasteiger partial charge in [0.1, 0.15) is 12.2 Å². The molecule has 0 amide bonds. The van der Waals surface area contributed by atoms with Crippen molar-refractivity contribution in [3.63, 3.8) is 0 Å². The average molecular weight is 408 g/mol. The van der Waals surface area contributed by atoms with E-state index < -0.39 is 70.5 Å². The third-order valence-corrected chi connectivity index (χ3v) is 8.97. The normalized spacial score (nSPS) is 59.2. The van der Waals surface area contributed by atoms with E-state index in [9.17, 15) is 24.6 Å². The van der Waals surface area contributed by atoms with Crippen molar-refractivity contribution < 1.29 is 43.5 Å². The molecule has 4 aliphatic heterocycles. The summed E-state index contributed by atoms with van der Waals surface area (Å²) in [6, 6.07) is 0. The van der Waals surface area contributed by atoms with Crippen molar-refractivity contribution in [2.45, 2.75) is 76.3 Å². The van der Waals surface area contributed by atoms with Gasteiger partial charge in [0.25, 0.3) is 0 Å². The van der Waals surface area contributed by atoms with E-state index >= 15 is 0 Å². The van der Waals surface area contributed by atoms with Crippen molar-refractivity contribution in [2.75, 3.05) is 0 Å². The van der Waals surface area contributed by atoms with Crippen LogP contribution in [0.5, 0.6) is 0 Å². The Kier molecular flexibility index (Phi) is 2.79. The lowest BCUT2D eigenvalue weighted by molar-refractivity contribution is -0.238. The molecule has 4 saturated heterocycles. The number of esters is 3. The molecule has 6 aliphatic rings. The zero-order valence-electron chi connectivity index (χ0n) is 16.6. The van der Waals surface area contributed by atoms with Crippen molar-refractivity contribution in [3.8, 4) is 0 Å². The lowest BCUT2D eigenvalue weighted by atomic mass is 9.51. The molecule has 0 aromatic heterocycles. The van der Waals surface area contributed by atoms with E-state index in [1.807, 2.05) is 20.8 Å². The SMILES string of the molecule is C[C@H]1C(=O)O[C@@H]2C[C@]34[C@@H]5C[C@@H](C(C)(C)C)[C@]36C(OC(=O)[C@H]6O)O[C@@]4(C(=O)O5)[C@]21O.